The SMILES string of the molecule is NCCCCCCCCCn1cc[n+](CCS)c1.[Br-]. The molecule has 1 heterocycles. The average Bonchev–Trinajstić information content (AvgIpc) is 2.81. The summed E-state index contributed by atoms with van der Waals surface area (Å²) in [5.41, 5.74) is 5.47. The fourth-order valence-electron chi connectivity index (χ4n) is 2.14. The molecule has 0 bridgehead atoms. The summed E-state index contributed by atoms with van der Waals surface area (Å²) in [6.07, 6.45) is 15.7. The Balaban J connectivity index is 0.00000324. The molecule has 0 aliphatic heterocycles. The van der Waals surface area contributed by atoms with E-state index >= 15 is 0 Å². The number of nitrogens with zero attached hydrogens (tertiary/aromatic N) is 2. The minimum atomic E-state index is 0. The van der Waals surface area contributed by atoms with E-state index in [1.807, 2.05) is 0 Å². The number of rotatable bonds is 11. The minimum Gasteiger partial charge on any atom is -1.00 e. The summed E-state index contributed by atoms with van der Waals surface area (Å²) in [6, 6.07) is 0. The van der Waals surface area contributed by atoms with Crippen LogP contribution in [-0.2, 0) is 13.1 Å². The van der Waals surface area contributed by atoms with Gasteiger partial charge in [0, 0.05) is 5.75 Å². The molecule has 0 fully saturated rings. The Morgan fingerprint density at radius 2 is 1.63 bits per heavy atom. The van der Waals surface area contributed by atoms with Gasteiger partial charge in [-0.05, 0) is 25.8 Å². The predicted molar refractivity (Wildman–Crippen MR) is 79.9 cm³/mol. The number of unbranched alkanes of at least 4 members (excludes halogenated alkanes) is 6. The first kappa shape index (κ1) is 19.0. The molecule has 0 saturated heterocycles. The number of hydrogen-bond acceptors (Lipinski definition) is 2. The van der Waals surface area contributed by atoms with E-state index in [0.29, 0.717) is 0 Å². The zero-order chi connectivity index (χ0) is 13.1. The highest BCUT2D eigenvalue weighted by molar-refractivity contribution is 7.80. The van der Waals surface area contributed by atoms with Gasteiger partial charge in [0.25, 0.3) is 0 Å². The first-order valence-electron chi connectivity index (χ1n) is 7.22. The van der Waals surface area contributed by atoms with Gasteiger partial charge in [0.15, 0.2) is 0 Å². The maximum absolute atomic E-state index is 5.47. The fourth-order valence-corrected chi connectivity index (χ4v) is 2.37. The van der Waals surface area contributed by atoms with Gasteiger partial charge in [0.1, 0.15) is 12.4 Å². The van der Waals surface area contributed by atoms with Gasteiger partial charge in [-0.15, -0.1) is 0 Å². The molecule has 0 radical (unpaired) electrons. The van der Waals surface area contributed by atoms with Crippen molar-refractivity contribution in [1.29, 1.82) is 0 Å². The third kappa shape index (κ3) is 9.52. The van der Waals surface area contributed by atoms with Crippen LogP contribution in [0, 0.1) is 0 Å². The lowest BCUT2D eigenvalue weighted by molar-refractivity contribution is -0.691. The smallest absolute Gasteiger partial charge is 0.243 e. The highest BCUT2D eigenvalue weighted by Gasteiger charge is 2.02. The van der Waals surface area contributed by atoms with Crippen LogP contribution in [0.15, 0.2) is 18.7 Å². The predicted octanol–water partition coefficient (Wildman–Crippen LogP) is -0.601. The second-order valence-electron chi connectivity index (χ2n) is 4.88. The van der Waals surface area contributed by atoms with Crippen LogP contribution < -0.4 is 27.3 Å². The average molecular weight is 350 g/mol. The van der Waals surface area contributed by atoms with Crippen LogP contribution in [0.3, 0.4) is 0 Å². The van der Waals surface area contributed by atoms with Gasteiger partial charge in [-0.2, -0.15) is 12.6 Å². The van der Waals surface area contributed by atoms with Gasteiger partial charge in [0.2, 0.25) is 6.33 Å². The van der Waals surface area contributed by atoms with Crippen molar-refractivity contribution in [3.05, 3.63) is 18.7 Å². The second-order valence-corrected chi connectivity index (χ2v) is 5.32. The van der Waals surface area contributed by atoms with Crippen molar-refractivity contribution < 1.29 is 21.5 Å². The summed E-state index contributed by atoms with van der Waals surface area (Å²) < 4.78 is 4.47. The van der Waals surface area contributed by atoms with Crippen molar-refractivity contribution in [2.45, 2.75) is 58.0 Å². The first-order valence-corrected chi connectivity index (χ1v) is 7.86. The Labute approximate surface area is 133 Å². The molecule has 0 spiro atoms. The minimum absolute atomic E-state index is 0. The first-order chi connectivity index (χ1) is 8.86. The molecule has 0 saturated carbocycles. The molecule has 112 valence electrons. The molecule has 3 nitrogen and oxygen atoms in total. The molecule has 0 atom stereocenters. The van der Waals surface area contributed by atoms with E-state index < -0.39 is 0 Å². The van der Waals surface area contributed by atoms with Crippen LogP contribution in [0.25, 0.3) is 0 Å². The third-order valence-electron chi connectivity index (χ3n) is 3.22. The molecule has 1 aromatic rings. The Hall–Kier alpha value is 0. The van der Waals surface area contributed by atoms with Crippen molar-refractivity contribution in [3.8, 4) is 0 Å². The lowest BCUT2D eigenvalue weighted by Gasteiger charge is -2.00. The number of halogens is 1. The number of thiol groups is 1. The van der Waals surface area contributed by atoms with Gasteiger partial charge >= 0.3 is 0 Å². The standard InChI is InChI=1S/C14H27N3S.BrH/c15-8-6-4-2-1-3-5-7-9-16-10-11-17(14-16)12-13-18;/h10-11,14H,1-9,12-13,15H2;1H. The van der Waals surface area contributed by atoms with Gasteiger partial charge in [-0.3, -0.25) is 0 Å². The fraction of sp³-hybridized carbons (Fsp3) is 0.786. The van der Waals surface area contributed by atoms with Gasteiger partial charge < -0.3 is 22.7 Å². The zero-order valence-electron chi connectivity index (χ0n) is 11.8. The summed E-state index contributed by atoms with van der Waals surface area (Å²) >= 11 is 4.24. The lowest BCUT2D eigenvalue weighted by atomic mass is 10.1. The van der Waals surface area contributed by atoms with E-state index in [-0.39, 0.29) is 17.0 Å². The summed E-state index contributed by atoms with van der Waals surface area (Å²) in [5, 5.41) is 0. The van der Waals surface area contributed by atoms with Crippen molar-refractivity contribution in [3.63, 3.8) is 0 Å². The number of aryl methyl sites for hydroxylation is 2. The van der Waals surface area contributed by atoms with E-state index in [0.717, 1.165) is 25.4 Å². The summed E-state index contributed by atoms with van der Waals surface area (Å²) in [5.74, 6) is 0.900. The quantitative estimate of drug-likeness (QED) is 0.312. The van der Waals surface area contributed by atoms with Gasteiger partial charge in [-0.1, -0.05) is 25.7 Å². The normalized spacial score (nSPS) is 10.4. The Morgan fingerprint density at radius 1 is 1.00 bits per heavy atom. The highest BCUT2D eigenvalue weighted by Crippen LogP contribution is 2.07. The van der Waals surface area contributed by atoms with E-state index in [1.165, 1.54) is 44.9 Å². The van der Waals surface area contributed by atoms with Crippen molar-refractivity contribution in [2.75, 3.05) is 12.3 Å². The summed E-state index contributed by atoms with van der Waals surface area (Å²) in [4.78, 5) is 0. The number of nitrogens with two attached hydrogens (primary N) is 1. The summed E-state index contributed by atoms with van der Waals surface area (Å²) in [6.45, 7) is 2.99. The molecule has 1 rings (SSSR count). The maximum atomic E-state index is 5.47. The van der Waals surface area contributed by atoms with E-state index in [2.05, 4.69) is 40.5 Å². The van der Waals surface area contributed by atoms with Crippen molar-refractivity contribution in [1.82, 2.24) is 4.57 Å². The molecule has 0 aliphatic carbocycles. The highest BCUT2D eigenvalue weighted by atomic mass is 79.9. The largest absolute Gasteiger partial charge is 1.00 e. The molecule has 19 heavy (non-hydrogen) atoms. The number of aromatic nitrogens is 2. The Kier molecular flexibility index (Phi) is 13.0. The molecule has 2 N–H and O–H groups in total. The van der Waals surface area contributed by atoms with Crippen LogP contribution in [0.2, 0.25) is 0 Å². The molecule has 0 amide bonds. The van der Waals surface area contributed by atoms with E-state index in [1.54, 1.807) is 0 Å². The van der Waals surface area contributed by atoms with Gasteiger partial charge in [-0.25, -0.2) is 9.13 Å². The van der Waals surface area contributed by atoms with Crippen molar-refractivity contribution >= 4 is 12.6 Å². The number of hydrogen-bond donors (Lipinski definition) is 2. The Bertz CT molecular complexity index is 305. The van der Waals surface area contributed by atoms with Crippen LogP contribution in [-0.4, -0.2) is 16.9 Å². The topological polar surface area (TPSA) is 34.8 Å². The summed E-state index contributed by atoms with van der Waals surface area (Å²) in [7, 11) is 0. The number of imidazole rings is 1. The van der Waals surface area contributed by atoms with E-state index in [4.69, 9.17) is 5.73 Å². The van der Waals surface area contributed by atoms with Gasteiger partial charge in [0.05, 0.1) is 13.1 Å². The zero-order valence-corrected chi connectivity index (χ0v) is 14.3. The van der Waals surface area contributed by atoms with Crippen LogP contribution in [0.1, 0.15) is 44.9 Å². The van der Waals surface area contributed by atoms with Crippen LogP contribution in [0.4, 0.5) is 0 Å². The molecule has 0 aromatic carbocycles. The van der Waals surface area contributed by atoms with E-state index in [9.17, 15) is 0 Å². The molecular formula is C14H28BrN3S. The Morgan fingerprint density at radius 3 is 2.26 bits per heavy atom. The molecular weight excluding hydrogens is 322 g/mol. The third-order valence-corrected chi connectivity index (χ3v) is 3.42. The maximum Gasteiger partial charge on any atom is 0.243 e. The molecule has 0 unspecified atom stereocenters. The lowest BCUT2D eigenvalue weighted by Crippen LogP contribution is -3.00. The molecule has 5 heteroatoms. The van der Waals surface area contributed by atoms with Crippen LogP contribution in [0.5, 0.6) is 0 Å². The second kappa shape index (κ2) is 13.0. The molecule has 0 aliphatic rings. The van der Waals surface area contributed by atoms with Crippen molar-refractivity contribution in [2.24, 2.45) is 5.73 Å². The molecule has 1 aromatic heterocycles. The monoisotopic (exact) mass is 349 g/mol. The van der Waals surface area contributed by atoms with Crippen LogP contribution >= 0.6 is 12.6 Å².